The largest absolute Gasteiger partial charge is 0.364 e. The zero-order valence-corrected chi connectivity index (χ0v) is 10.6. The van der Waals surface area contributed by atoms with E-state index in [0.29, 0.717) is 17.2 Å². The maximum absolute atomic E-state index is 11.7. The van der Waals surface area contributed by atoms with Crippen LogP contribution in [0.3, 0.4) is 0 Å². The van der Waals surface area contributed by atoms with Gasteiger partial charge in [-0.15, -0.1) is 11.3 Å². The molecule has 0 aliphatic rings. The lowest BCUT2D eigenvalue weighted by atomic mass is 10.2. The number of nitrogens with zero attached hydrogens (tertiary/aromatic N) is 1. The number of nitrogens with one attached hydrogen (secondary N) is 1. The molecule has 0 amide bonds. The lowest BCUT2D eigenvalue weighted by Crippen LogP contribution is -2.24. The van der Waals surface area contributed by atoms with E-state index in [1.807, 2.05) is 0 Å². The van der Waals surface area contributed by atoms with Gasteiger partial charge in [-0.3, -0.25) is 0 Å². The lowest BCUT2D eigenvalue weighted by Gasteiger charge is -2.03. The molecule has 0 radical (unpaired) electrons. The van der Waals surface area contributed by atoms with Crippen LogP contribution in [-0.4, -0.2) is 20.1 Å². The minimum Gasteiger partial charge on any atom is -0.364 e. The molecule has 0 unspecified atom stereocenters. The first-order valence-electron chi connectivity index (χ1n) is 5.10. The smallest absolute Gasteiger partial charge is 0.250 e. The normalized spacial score (nSPS) is 11.8. The molecule has 0 aromatic carbocycles. The van der Waals surface area contributed by atoms with Crippen molar-refractivity contribution in [1.29, 1.82) is 0 Å². The van der Waals surface area contributed by atoms with Gasteiger partial charge in [-0.1, -0.05) is 11.2 Å². The summed E-state index contributed by atoms with van der Waals surface area (Å²) < 4.78 is 31.0. The van der Waals surface area contributed by atoms with Crippen LogP contribution >= 0.6 is 11.3 Å². The molecular weight excluding hydrogens is 260 g/mol. The van der Waals surface area contributed by atoms with Crippen molar-refractivity contribution in [3.63, 3.8) is 0 Å². The third-order valence-electron chi connectivity index (χ3n) is 2.18. The van der Waals surface area contributed by atoms with Crippen molar-refractivity contribution in [3.05, 3.63) is 35.5 Å². The maximum atomic E-state index is 11.7. The average molecular weight is 272 g/mol. The SMILES string of the molecule is O=S(=O)(NCCCc1cnoc1)c1cccs1. The highest BCUT2D eigenvalue weighted by atomic mass is 32.2. The summed E-state index contributed by atoms with van der Waals surface area (Å²) in [7, 11) is -3.33. The number of hydrogen-bond acceptors (Lipinski definition) is 5. The highest BCUT2D eigenvalue weighted by Crippen LogP contribution is 2.15. The maximum Gasteiger partial charge on any atom is 0.250 e. The van der Waals surface area contributed by atoms with E-state index in [0.717, 1.165) is 12.0 Å². The summed E-state index contributed by atoms with van der Waals surface area (Å²) in [6.45, 7) is 0.408. The van der Waals surface area contributed by atoms with Crippen LogP contribution in [0.5, 0.6) is 0 Å². The van der Waals surface area contributed by atoms with E-state index in [1.165, 1.54) is 11.3 Å². The molecule has 0 aliphatic heterocycles. The van der Waals surface area contributed by atoms with Crippen LogP contribution in [-0.2, 0) is 16.4 Å². The van der Waals surface area contributed by atoms with Crippen molar-refractivity contribution in [1.82, 2.24) is 9.88 Å². The summed E-state index contributed by atoms with van der Waals surface area (Å²) in [5.74, 6) is 0. The first kappa shape index (κ1) is 12.3. The highest BCUT2D eigenvalue weighted by molar-refractivity contribution is 7.91. The number of sulfonamides is 1. The molecule has 0 spiro atoms. The van der Waals surface area contributed by atoms with Crippen LogP contribution in [0.25, 0.3) is 0 Å². The molecule has 2 heterocycles. The summed E-state index contributed by atoms with van der Waals surface area (Å²) in [5.41, 5.74) is 0.973. The number of rotatable bonds is 6. The number of hydrogen-bond donors (Lipinski definition) is 1. The Kier molecular flexibility index (Phi) is 3.93. The van der Waals surface area contributed by atoms with Gasteiger partial charge in [-0.05, 0) is 24.3 Å². The molecule has 2 aromatic rings. The Balaban J connectivity index is 1.79. The van der Waals surface area contributed by atoms with Crippen LogP contribution in [0.1, 0.15) is 12.0 Å². The van der Waals surface area contributed by atoms with Gasteiger partial charge in [0.2, 0.25) is 10.0 Å². The Labute approximate surface area is 103 Å². The molecule has 0 saturated carbocycles. The number of aryl methyl sites for hydroxylation is 1. The van der Waals surface area contributed by atoms with Gasteiger partial charge in [0, 0.05) is 12.1 Å². The van der Waals surface area contributed by atoms with Crippen molar-refractivity contribution in [2.75, 3.05) is 6.54 Å². The van der Waals surface area contributed by atoms with Gasteiger partial charge in [-0.25, -0.2) is 13.1 Å². The fraction of sp³-hybridized carbons (Fsp3) is 0.300. The van der Waals surface area contributed by atoms with Crippen LogP contribution in [0.2, 0.25) is 0 Å². The standard InChI is InChI=1S/C10H12N2O3S2/c13-17(14,10-4-2-6-16-10)12-5-1-3-9-7-11-15-8-9/h2,4,6-8,12H,1,3,5H2. The topological polar surface area (TPSA) is 72.2 Å². The second-order valence-electron chi connectivity index (χ2n) is 3.47. The van der Waals surface area contributed by atoms with Gasteiger partial charge in [0.1, 0.15) is 10.5 Å². The molecule has 0 atom stereocenters. The van der Waals surface area contributed by atoms with Crippen LogP contribution < -0.4 is 4.72 Å². The van der Waals surface area contributed by atoms with Crippen molar-refractivity contribution in [2.45, 2.75) is 17.1 Å². The van der Waals surface area contributed by atoms with Crippen molar-refractivity contribution < 1.29 is 12.9 Å². The van der Waals surface area contributed by atoms with E-state index in [-0.39, 0.29) is 0 Å². The fourth-order valence-electron chi connectivity index (χ4n) is 1.34. The molecule has 0 fully saturated rings. The van der Waals surface area contributed by atoms with E-state index in [4.69, 9.17) is 0 Å². The molecule has 7 heteroatoms. The summed E-state index contributed by atoms with van der Waals surface area (Å²) in [4.78, 5) is 0. The Morgan fingerprint density at radius 2 is 2.35 bits per heavy atom. The molecule has 1 N–H and O–H groups in total. The summed E-state index contributed by atoms with van der Waals surface area (Å²) in [6.07, 6.45) is 4.66. The molecule has 2 aromatic heterocycles. The van der Waals surface area contributed by atoms with E-state index in [9.17, 15) is 8.42 Å². The Morgan fingerprint density at radius 1 is 1.47 bits per heavy atom. The van der Waals surface area contributed by atoms with E-state index in [1.54, 1.807) is 30.0 Å². The van der Waals surface area contributed by atoms with Gasteiger partial charge < -0.3 is 4.52 Å². The first-order chi connectivity index (χ1) is 8.18. The Hall–Kier alpha value is -1.18. The van der Waals surface area contributed by atoms with Gasteiger partial charge in [0.05, 0.1) is 6.20 Å². The molecule has 2 rings (SSSR count). The van der Waals surface area contributed by atoms with Crippen LogP contribution in [0.15, 0.2) is 38.7 Å². The predicted molar refractivity (Wildman–Crippen MR) is 64.3 cm³/mol. The van der Waals surface area contributed by atoms with Gasteiger partial charge >= 0.3 is 0 Å². The van der Waals surface area contributed by atoms with Crippen molar-refractivity contribution >= 4 is 21.4 Å². The number of aromatic nitrogens is 1. The quantitative estimate of drug-likeness (QED) is 0.812. The highest BCUT2D eigenvalue weighted by Gasteiger charge is 2.13. The van der Waals surface area contributed by atoms with Gasteiger partial charge in [0.25, 0.3) is 0 Å². The molecule has 92 valence electrons. The minimum absolute atomic E-state index is 0.350. The predicted octanol–water partition coefficient (Wildman–Crippen LogP) is 1.65. The van der Waals surface area contributed by atoms with E-state index >= 15 is 0 Å². The summed E-state index contributed by atoms with van der Waals surface area (Å²) in [5, 5.41) is 5.32. The van der Waals surface area contributed by atoms with Crippen LogP contribution in [0.4, 0.5) is 0 Å². The molecule has 17 heavy (non-hydrogen) atoms. The van der Waals surface area contributed by atoms with E-state index < -0.39 is 10.0 Å². The second-order valence-corrected chi connectivity index (χ2v) is 6.41. The first-order valence-corrected chi connectivity index (χ1v) is 7.46. The lowest BCUT2D eigenvalue weighted by molar-refractivity contribution is 0.418. The third kappa shape index (κ3) is 3.39. The monoisotopic (exact) mass is 272 g/mol. The minimum atomic E-state index is -3.33. The average Bonchev–Trinajstić information content (AvgIpc) is 2.97. The Morgan fingerprint density at radius 3 is 3.00 bits per heavy atom. The zero-order chi connectivity index (χ0) is 12.1. The molecule has 0 aliphatic carbocycles. The molecule has 0 bridgehead atoms. The fourth-order valence-corrected chi connectivity index (χ4v) is 3.45. The van der Waals surface area contributed by atoms with Gasteiger partial charge in [-0.2, -0.15) is 0 Å². The zero-order valence-electron chi connectivity index (χ0n) is 9.00. The van der Waals surface area contributed by atoms with Crippen molar-refractivity contribution in [2.24, 2.45) is 0 Å². The number of thiophene rings is 1. The molecule has 5 nitrogen and oxygen atoms in total. The van der Waals surface area contributed by atoms with E-state index in [2.05, 4.69) is 14.4 Å². The summed E-state index contributed by atoms with van der Waals surface area (Å²) >= 11 is 1.21. The second kappa shape index (κ2) is 5.44. The van der Waals surface area contributed by atoms with Crippen molar-refractivity contribution in [3.8, 4) is 0 Å². The van der Waals surface area contributed by atoms with Crippen LogP contribution in [0, 0.1) is 0 Å². The third-order valence-corrected chi connectivity index (χ3v) is 5.04. The summed E-state index contributed by atoms with van der Waals surface area (Å²) in [6, 6.07) is 3.31. The Bertz CT molecular complexity index is 532. The molecular formula is C10H12N2O3S2. The van der Waals surface area contributed by atoms with Gasteiger partial charge in [0.15, 0.2) is 0 Å². The molecule has 0 saturated heterocycles.